The fourth-order valence-corrected chi connectivity index (χ4v) is 1.48. The molecule has 3 heteroatoms. The smallest absolute Gasteiger partial charge is 0.128 e. The Labute approximate surface area is 81.9 Å². The van der Waals surface area contributed by atoms with Crippen molar-refractivity contribution < 1.29 is 10.2 Å². The maximum atomic E-state index is 9.61. The lowest BCUT2D eigenvalue weighted by atomic mass is 10.1. The number of hydrogen-bond acceptors (Lipinski definition) is 2. The van der Waals surface area contributed by atoms with Crippen LogP contribution in [0.1, 0.15) is 0 Å². The van der Waals surface area contributed by atoms with Gasteiger partial charge < -0.3 is 14.8 Å². The number of phenolic OH excluding ortho intramolecular Hbond substituents is 2. The van der Waals surface area contributed by atoms with E-state index in [2.05, 4.69) is 0 Å². The van der Waals surface area contributed by atoms with E-state index >= 15 is 0 Å². The maximum Gasteiger partial charge on any atom is 0.128 e. The van der Waals surface area contributed by atoms with Crippen LogP contribution in [0.4, 0.5) is 0 Å². The molecule has 1 heterocycles. The van der Waals surface area contributed by atoms with Crippen molar-refractivity contribution >= 4 is 0 Å². The Morgan fingerprint density at radius 1 is 1.14 bits per heavy atom. The van der Waals surface area contributed by atoms with Gasteiger partial charge in [-0.05, 0) is 24.3 Å². The van der Waals surface area contributed by atoms with Crippen molar-refractivity contribution in [1.82, 2.24) is 4.57 Å². The van der Waals surface area contributed by atoms with E-state index in [-0.39, 0.29) is 11.5 Å². The highest BCUT2D eigenvalue weighted by atomic mass is 16.3. The Bertz CT molecular complexity index is 460. The van der Waals surface area contributed by atoms with Gasteiger partial charge in [0.2, 0.25) is 0 Å². The van der Waals surface area contributed by atoms with E-state index in [1.807, 2.05) is 29.9 Å². The first-order chi connectivity index (χ1) is 6.68. The van der Waals surface area contributed by atoms with Gasteiger partial charge in [0.05, 0.1) is 5.69 Å². The summed E-state index contributed by atoms with van der Waals surface area (Å²) >= 11 is 0. The number of rotatable bonds is 1. The normalized spacial score (nSPS) is 10.4. The predicted molar refractivity (Wildman–Crippen MR) is 54.2 cm³/mol. The summed E-state index contributed by atoms with van der Waals surface area (Å²) in [6.07, 6.45) is 1.90. The summed E-state index contributed by atoms with van der Waals surface area (Å²) in [4.78, 5) is 0. The first-order valence-electron chi connectivity index (χ1n) is 4.32. The van der Waals surface area contributed by atoms with E-state index in [4.69, 9.17) is 5.11 Å². The summed E-state index contributed by atoms with van der Waals surface area (Å²) in [6.45, 7) is 0. The minimum Gasteiger partial charge on any atom is -0.508 e. The van der Waals surface area contributed by atoms with Gasteiger partial charge in [-0.3, -0.25) is 0 Å². The van der Waals surface area contributed by atoms with Crippen LogP contribution in [-0.2, 0) is 7.05 Å². The third-order valence-electron chi connectivity index (χ3n) is 2.20. The summed E-state index contributed by atoms with van der Waals surface area (Å²) in [7, 11) is 1.90. The molecule has 0 aliphatic carbocycles. The van der Waals surface area contributed by atoms with Crippen molar-refractivity contribution in [3.63, 3.8) is 0 Å². The second kappa shape index (κ2) is 3.10. The molecule has 1 aromatic carbocycles. The van der Waals surface area contributed by atoms with Crippen molar-refractivity contribution in [3.05, 3.63) is 36.5 Å². The van der Waals surface area contributed by atoms with Crippen LogP contribution >= 0.6 is 0 Å². The van der Waals surface area contributed by atoms with Gasteiger partial charge in [0.25, 0.3) is 0 Å². The zero-order valence-corrected chi connectivity index (χ0v) is 7.81. The molecule has 0 fully saturated rings. The van der Waals surface area contributed by atoms with Gasteiger partial charge in [-0.2, -0.15) is 0 Å². The zero-order valence-electron chi connectivity index (χ0n) is 7.81. The molecule has 0 saturated carbocycles. The number of aromatic nitrogens is 1. The van der Waals surface area contributed by atoms with Crippen LogP contribution in [0, 0.1) is 0 Å². The third-order valence-corrected chi connectivity index (χ3v) is 2.20. The molecule has 0 aliphatic heterocycles. The van der Waals surface area contributed by atoms with Crippen LogP contribution in [0.25, 0.3) is 11.3 Å². The second-order valence-electron chi connectivity index (χ2n) is 3.21. The second-order valence-corrected chi connectivity index (χ2v) is 3.21. The van der Waals surface area contributed by atoms with E-state index in [0.717, 1.165) is 11.3 Å². The van der Waals surface area contributed by atoms with Crippen LogP contribution < -0.4 is 0 Å². The molecule has 0 spiro atoms. The molecule has 1 aromatic heterocycles. The first-order valence-corrected chi connectivity index (χ1v) is 4.32. The molecule has 3 nitrogen and oxygen atoms in total. The fourth-order valence-electron chi connectivity index (χ4n) is 1.48. The van der Waals surface area contributed by atoms with Crippen LogP contribution in [0.3, 0.4) is 0 Å². The number of aryl methyl sites for hydroxylation is 1. The molecule has 0 radical (unpaired) electrons. The van der Waals surface area contributed by atoms with Crippen molar-refractivity contribution in [2.75, 3.05) is 0 Å². The molecule has 0 aliphatic rings. The number of benzene rings is 1. The molecule has 0 unspecified atom stereocenters. The Morgan fingerprint density at radius 3 is 2.50 bits per heavy atom. The largest absolute Gasteiger partial charge is 0.508 e. The number of phenols is 2. The Hall–Kier alpha value is -1.90. The lowest BCUT2D eigenvalue weighted by Gasteiger charge is -2.06. The van der Waals surface area contributed by atoms with Gasteiger partial charge in [0.15, 0.2) is 0 Å². The summed E-state index contributed by atoms with van der Waals surface area (Å²) in [5.74, 6) is 0.159. The Morgan fingerprint density at radius 2 is 1.93 bits per heavy atom. The molecular weight excluding hydrogens is 178 g/mol. The lowest BCUT2D eigenvalue weighted by molar-refractivity contribution is 0.451. The number of hydrogen-bond donors (Lipinski definition) is 2. The molecule has 2 aromatic rings. The zero-order chi connectivity index (χ0) is 10.1. The van der Waals surface area contributed by atoms with Gasteiger partial charge in [0, 0.05) is 24.9 Å². The standard InChI is InChI=1S/C11H11NO2/c1-12-6-2-3-10(12)9-5-4-8(13)7-11(9)14/h2-7,13-14H,1H3. The van der Waals surface area contributed by atoms with Crippen LogP contribution in [0.2, 0.25) is 0 Å². The molecule has 2 rings (SSSR count). The highest BCUT2D eigenvalue weighted by molar-refractivity contribution is 5.68. The monoisotopic (exact) mass is 189 g/mol. The SMILES string of the molecule is Cn1cccc1-c1ccc(O)cc1O. The van der Waals surface area contributed by atoms with Crippen molar-refractivity contribution in [1.29, 1.82) is 0 Å². The van der Waals surface area contributed by atoms with E-state index in [1.165, 1.54) is 6.07 Å². The van der Waals surface area contributed by atoms with E-state index in [9.17, 15) is 5.11 Å². The molecule has 2 N–H and O–H groups in total. The minimum atomic E-state index is 0.0699. The van der Waals surface area contributed by atoms with Crippen LogP contribution in [-0.4, -0.2) is 14.8 Å². The van der Waals surface area contributed by atoms with Gasteiger partial charge in [0.1, 0.15) is 11.5 Å². The quantitative estimate of drug-likeness (QED) is 0.721. The van der Waals surface area contributed by atoms with Gasteiger partial charge in [-0.25, -0.2) is 0 Å². The number of nitrogens with zero attached hydrogens (tertiary/aromatic N) is 1. The third kappa shape index (κ3) is 1.33. The Balaban J connectivity index is 2.58. The molecule has 14 heavy (non-hydrogen) atoms. The van der Waals surface area contributed by atoms with Crippen molar-refractivity contribution in [3.8, 4) is 22.8 Å². The summed E-state index contributed by atoms with van der Waals surface area (Å²) in [6, 6.07) is 8.40. The molecule has 0 saturated heterocycles. The lowest BCUT2D eigenvalue weighted by Crippen LogP contribution is -1.89. The highest BCUT2D eigenvalue weighted by Crippen LogP contribution is 2.31. The van der Waals surface area contributed by atoms with Crippen molar-refractivity contribution in [2.24, 2.45) is 7.05 Å². The average Bonchev–Trinajstić information content (AvgIpc) is 2.52. The topological polar surface area (TPSA) is 45.4 Å². The van der Waals surface area contributed by atoms with Crippen LogP contribution in [0.15, 0.2) is 36.5 Å². The van der Waals surface area contributed by atoms with Crippen molar-refractivity contribution in [2.45, 2.75) is 0 Å². The molecular formula is C11H11NO2. The van der Waals surface area contributed by atoms with E-state index < -0.39 is 0 Å². The molecule has 0 amide bonds. The van der Waals surface area contributed by atoms with Crippen LogP contribution in [0.5, 0.6) is 11.5 Å². The first kappa shape index (κ1) is 8.69. The van der Waals surface area contributed by atoms with E-state index in [1.54, 1.807) is 12.1 Å². The fraction of sp³-hybridized carbons (Fsp3) is 0.0909. The molecule has 72 valence electrons. The minimum absolute atomic E-state index is 0.0699. The molecule has 0 bridgehead atoms. The van der Waals surface area contributed by atoms with Gasteiger partial charge in [-0.1, -0.05) is 0 Å². The molecule has 0 atom stereocenters. The summed E-state index contributed by atoms with van der Waals surface area (Å²) in [5, 5.41) is 18.8. The average molecular weight is 189 g/mol. The summed E-state index contributed by atoms with van der Waals surface area (Å²) < 4.78 is 1.91. The number of aromatic hydroxyl groups is 2. The van der Waals surface area contributed by atoms with E-state index in [0.29, 0.717) is 0 Å². The highest BCUT2D eigenvalue weighted by Gasteiger charge is 2.06. The maximum absolute atomic E-state index is 9.61. The Kier molecular flexibility index (Phi) is 1.93. The predicted octanol–water partition coefficient (Wildman–Crippen LogP) is 2.10. The van der Waals surface area contributed by atoms with Gasteiger partial charge >= 0.3 is 0 Å². The summed E-state index contributed by atoms with van der Waals surface area (Å²) in [5.41, 5.74) is 1.64. The van der Waals surface area contributed by atoms with Gasteiger partial charge in [-0.15, -0.1) is 0 Å².